The molecule has 27 heavy (non-hydrogen) atoms. The maximum absolute atomic E-state index is 6.12. The van der Waals surface area contributed by atoms with Crippen LogP contribution in [0.25, 0.3) is 0 Å². The van der Waals surface area contributed by atoms with E-state index in [0.29, 0.717) is 18.5 Å². The van der Waals surface area contributed by atoms with E-state index in [2.05, 4.69) is 32.5 Å². The maximum Gasteiger partial charge on any atom is 0.229 e. The summed E-state index contributed by atoms with van der Waals surface area (Å²) in [6.45, 7) is 4.88. The Balaban J connectivity index is 1.72. The van der Waals surface area contributed by atoms with Gasteiger partial charge < -0.3 is 25.0 Å². The predicted molar refractivity (Wildman–Crippen MR) is 108 cm³/mol. The molecule has 1 aliphatic rings. The van der Waals surface area contributed by atoms with E-state index in [0.717, 1.165) is 35.2 Å². The van der Waals surface area contributed by atoms with Gasteiger partial charge in [-0.25, -0.2) is 4.98 Å². The van der Waals surface area contributed by atoms with Crippen LogP contribution in [-0.2, 0) is 0 Å². The molecule has 0 saturated carbocycles. The van der Waals surface area contributed by atoms with Gasteiger partial charge in [0.15, 0.2) is 11.5 Å². The van der Waals surface area contributed by atoms with Gasteiger partial charge in [-0.15, -0.1) is 0 Å². The fourth-order valence-electron chi connectivity index (χ4n) is 3.37. The van der Waals surface area contributed by atoms with Crippen LogP contribution in [0.1, 0.15) is 18.5 Å². The third kappa shape index (κ3) is 5.23. The fraction of sp³-hybridized carbons (Fsp3) is 0.500. The van der Waals surface area contributed by atoms with E-state index < -0.39 is 0 Å². The molecule has 1 atom stereocenters. The molecule has 0 amide bonds. The van der Waals surface area contributed by atoms with Gasteiger partial charge in [-0.1, -0.05) is 0 Å². The van der Waals surface area contributed by atoms with Crippen molar-refractivity contribution in [2.45, 2.75) is 19.8 Å². The van der Waals surface area contributed by atoms with Crippen LogP contribution in [0.4, 0.5) is 17.5 Å². The number of rotatable bonds is 7. The second-order valence-corrected chi connectivity index (χ2v) is 7.04. The summed E-state index contributed by atoms with van der Waals surface area (Å²) in [5.41, 5.74) is 1.75. The molecule has 0 bridgehead atoms. The summed E-state index contributed by atoms with van der Waals surface area (Å²) in [5.74, 6) is 3.33. The third-order valence-electron chi connectivity index (χ3n) is 4.73. The Labute approximate surface area is 161 Å². The smallest absolute Gasteiger partial charge is 0.229 e. The highest BCUT2D eigenvalue weighted by Gasteiger charge is 2.18. The van der Waals surface area contributed by atoms with Gasteiger partial charge in [0.25, 0.3) is 0 Å². The minimum Gasteiger partial charge on any atom is -0.493 e. The largest absolute Gasteiger partial charge is 0.493 e. The lowest BCUT2D eigenvalue weighted by atomic mass is 9.99. The molecule has 2 N–H and O–H groups in total. The Kier molecular flexibility index (Phi) is 6.34. The van der Waals surface area contributed by atoms with Crippen molar-refractivity contribution in [2.75, 3.05) is 51.5 Å². The van der Waals surface area contributed by atoms with Gasteiger partial charge in [0.05, 0.1) is 13.7 Å². The number of piperidine rings is 1. The zero-order valence-electron chi connectivity index (χ0n) is 16.6. The van der Waals surface area contributed by atoms with Crippen molar-refractivity contribution in [3.8, 4) is 11.5 Å². The zero-order valence-corrected chi connectivity index (χ0v) is 16.6. The molecule has 1 aliphatic heterocycles. The first-order valence-corrected chi connectivity index (χ1v) is 9.37. The van der Waals surface area contributed by atoms with E-state index in [1.54, 1.807) is 7.11 Å². The van der Waals surface area contributed by atoms with Crippen molar-refractivity contribution in [1.82, 2.24) is 14.9 Å². The number of hydrogen-bond donors (Lipinski definition) is 2. The standard InChI is InChI=1S/C20H29N5O2/c1-14-10-19(21-2)24-20(22-14)23-16-7-8-17(26-4)18(11-16)27-13-15-6-5-9-25(3)12-15/h7-8,10-11,15H,5-6,9,12-13H2,1-4H3,(H2,21,22,23,24). The number of methoxy groups -OCH3 is 1. The van der Waals surface area contributed by atoms with Gasteiger partial charge in [0.2, 0.25) is 5.95 Å². The Morgan fingerprint density at radius 3 is 2.81 bits per heavy atom. The average molecular weight is 371 g/mol. The van der Waals surface area contributed by atoms with Gasteiger partial charge >= 0.3 is 0 Å². The highest BCUT2D eigenvalue weighted by molar-refractivity contribution is 5.60. The fourth-order valence-corrected chi connectivity index (χ4v) is 3.37. The number of ether oxygens (including phenoxy) is 2. The van der Waals surface area contributed by atoms with E-state index in [1.165, 1.54) is 19.4 Å². The lowest BCUT2D eigenvalue weighted by molar-refractivity contribution is 0.148. The third-order valence-corrected chi connectivity index (χ3v) is 4.73. The first-order valence-electron chi connectivity index (χ1n) is 9.37. The van der Waals surface area contributed by atoms with Crippen LogP contribution >= 0.6 is 0 Å². The van der Waals surface area contributed by atoms with Crippen LogP contribution in [0.3, 0.4) is 0 Å². The number of hydrogen-bond acceptors (Lipinski definition) is 7. The lowest BCUT2D eigenvalue weighted by Crippen LogP contribution is -2.34. The zero-order chi connectivity index (χ0) is 19.2. The number of likely N-dealkylation sites (tertiary alicyclic amines) is 1. The minimum atomic E-state index is 0.545. The Bertz CT molecular complexity index is 768. The quantitative estimate of drug-likeness (QED) is 0.774. The number of aromatic nitrogens is 2. The molecule has 1 saturated heterocycles. The highest BCUT2D eigenvalue weighted by Crippen LogP contribution is 2.32. The summed E-state index contributed by atoms with van der Waals surface area (Å²) in [5, 5.41) is 6.29. The van der Waals surface area contributed by atoms with Crippen molar-refractivity contribution in [1.29, 1.82) is 0 Å². The number of aryl methyl sites for hydroxylation is 1. The second kappa shape index (κ2) is 8.90. The molecule has 7 nitrogen and oxygen atoms in total. The van der Waals surface area contributed by atoms with Crippen molar-refractivity contribution >= 4 is 17.5 Å². The van der Waals surface area contributed by atoms with Crippen LogP contribution in [-0.4, -0.2) is 55.8 Å². The van der Waals surface area contributed by atoms with Gasteiger partial charge in [0.1, 0.15) is 5.82 Å². The number of nitrogens with one attached hydrogen (secondary N) is 2. The van der Waals surface area contributed by atoms with Gasteiger partial charge in [0, 0.05) is 43.0 Å². The molecular formula is C20H29N5O2. The van der Waals surface area contributed by atoms with Crippen LogP contribution in [0.2, 0.25) is 0 Å². The first-order chi connectivity index (χ1) is 13.1. The van der Waals surface area contributed by atoms with Crippen LogP contribution in [0.5, 0.6) is 11.5 Å². The normalized spacial score (nSPS) is 17.4. The van der Waals surface area contributed by atoms with Crippen LogP contribution < -0.4 is 20.1 Å². The summed E-state index contributed by atoms with van der Waals surface area (Å²) in [4.78, 5) is 11.2. The maximum atomic E-state index is 6.12. The Morgan fingerprint density at radius 2 is 2.07 bits per heavy atom. The number of benzene rings is 1. The topological polar surface area (TPSA) is 71.5 Å². The SMILES string of the molecule is CNc1cc(C)nc(Nc2ccc(OC)c(OCC3CCCN(C)C3)c2)n1. The first kappa shape index (κ1) is 19.2. The monoisotopic (exact) mass is 371 g/mol. The molecule has 2 heterocycles. The molecule has 146 valence electrons. The van der Waals surface area contributed by atoms with E-state index in [-0.39, 0.29) is 0 Å². The highest BCUT2D eigenvalue weighted by atomic mass is 16.5. The molecular weight excluding hydrogens is 342 g/mol. The molecule has 0 radical (unpaired) electrons. The Hall–Kier alpha value is -2.54. The van der Waals surface area contributed by atoms with Crippen LogP contribution in [0.15, 0.2) is 24.3 Å². The second-order valence-electron chi connectivity index (χ2n) is 7.04. The lowest BCUT2D eigenvalue weighted by Gasteiger charge is -2.29. The average Bonchev–Trinajstić information content (AvgIpc) is 2.66. The summed E-state index contributed by atoms with van der Waals surface area (Å²) in [6, 6.07) is 7.68. The Morgan fingerprint density at radius 1 is 1.22 bits per heavy atom. The van der Waals surface area contributed by atoms with Crippen molar-refractivity contribution in [2.24, 2.45) is 5.92 Å². The van der Waals surface area contributed by atoms with Crippen molar-refractivity contribution in [3.63, 3.8) is 0 Å². The van der Waals surface area contributed by atoms with Crippen molar-refractivity contribution in [3.05, 3.63) is 30.0 Å². The predicted octanol–water partition coefficient (Wildman–Crippen LogP) is 3.30. The summed E-state index contributed by atoms with van der Waals surface area (Å²) in [6.07, 6.45) is 2.43. The van der Waals surface area contributed by atoms with E-state index >= 15 is 0 Å². The molecule has 1 fully saturated rings. The minimum absolute atomic E-state index is 0.545. The molecule has 1 unspecified atom stereocenters. The van der Waals surface area contributed by atoms with E-state index in [9.17, 15) is 0 Å². The van der Waals surface area contributed by atoms with Gasteiger partial charge in [-0.2, -0.15) is 4.98 Å². The number of nitrogens with zero attached hydrogens (tertiary/aromatic N) is 3. The van der Waals surface area contributed by atoms with E-state index in [4.69, 9.17) is 9.47 Å². The van der Waals surface area contributed by atoms with Crippen molar-refractivity contribution < 1.29 is 9.47 Å². The molecule has 1 aromatic carbocycles. The van der Waals surface area contributed by atoms with Gasteiger partial charge in [-0.3, -0.25) is 0 Å². The van der Waals surface area contributed by atoms with Crippen LogP contribution in [0, 0.1) is 12.8 Å². The van der Waals surface area contributed by atoms with Gasteiger partial charge in [-0.05, 0) is 45.5 Å². The molecule has 1 aromatic heterocycles. The van der Waals surface area contributed by atoms with E-state index in [1.807, 2.05) is 38.2 Å². The summed E-state index contributed by atoms with van der Waals surface area (Å²) >= 11 is 0. The summed E-state index contributed by atoms with van der Waals surface area (Å²) in [7, 11) is 5.67. The number of anilines is 3. The molecule has 0 aliphatic carbocycles. The molecule has 0 spiro atoms. The molecule has 2 aromatic rings. The molecule has 7 heteroatoms. The molecule has 3 rings (SSSR count). The summed E-state index contributed by atoms with van der Waals surface area (Å²) < 4.78 is 11.6.